The van der Waals surface area contributed by atoms with Crippen molar-refractivity contribution < 1.29 is 19.1 Å². The summed E-state index contributed by atoms with van der Waals surface area (Å²) < 4.78 is 13.4. The number of likely N-dealkylation sites (tertiary alicyclic amines) is 1. The lowest BCUT2D eigenvalue weighted by molar-refractivity contribution is -0.201. The van der Waals surface area contributed by atoms with Crippen LogP contribution in [0.4, 0.5) is 0 Å². The van der Waals surface area contributed by atoms with Crippen LogP contribution >= 0.6 is 0 Å². The summed E-state index contributed by atoms with van der Waals surface area (Å²) in [6.45, 7) is 12.3. The third-order valence-electron chi connectivity index (χ3n) is 13.0. The molecule has 0 N–H and O–H groups in total. The number of fused-ring (bicyclic) bond motifs is 6. The smallest absolute Gasteiger partial charge is 0.221 e. The first-order chi connectivity index (χ1) is 16.1. The molecule has 3 aliphatic heterocycles. The summed E-state index contributed by atoms with van der Waals surface area (Å²) in [5.41, 5.74) is -0.0815. The molecule has 4 saturated carbocycles. The molecule has 1 amide bonds. The molecule has 0 bridgehead atoms. The van der Waals surface area contributed by atoms with E-state index in [1.54, 1.807) is 6.92 Å². The first-order valence-electron chi connectivity index (χ1n) is 14.2. The Hall–Kier alpha value is -0.940. The number of Topliss-reactive ketones (excluding diaryl/α,β-unsaturated/α-hetero) is 1. The molecule has 0 radical (unpaired) electrons. The highest BCUT2D eigenvalue weighted by Crippen LogP contribution is 2.74. The van der Waals surface area contributed by atoms with Gasteiger partial charge in [-0.25, -0.2) is 0 Å². The molecule has 2 spiro atoms. The van der Waals surface area contributed by atoms with Crippen molar-refractivity contribution in [2.45, 2.75) is 116 Å². The van der Waals surface area contributed by atoms with Gasteiger partial charge < -0.3 is 14.4 Å². The second-order valence-corrected chi connectivity index (χ2v) is 14.1. The number of ether oxygens (including phenoxy) is 2. The van der Waals surface area contributed by atoms with Crippen molar-refractivity contribution in [1.82, 2.24) is 4.90 Å². The van der Waals surface area contributed by atoms with E-state index in [2.05, 4.69) is 32.6 Å². The van der Waals surface area contributed by atoms with Crippen LogP contribution in [0, 0.1) is 46.3 Å². The molecule has 7 fully saturated rings. The number of amides is 1. The van der Waals surface area contributed by atoms with E-state index in [9.17, 15) is 9.59 Å². The molecule has 12 atom stereocenters. The average Bonchev–Trinajstić information content (AvgIpc) is 3.39. The quantitative estimate of drug-likeness (QED) is 0.470. The van der Waals surface area contributed by atoms with Gasteiger partial charge >= 0.3 is 0 Å². The molecule has 5 heteroatoms. The van der Waals surface area contributed by atoms with E-state index < -0.39 is 0 Å². The van der Waals surface area contributed by atoms with Crippen molar-refractivity contribution in [3.8, 4) is 0 Å². The Morgan fingerprint density at radius 2 is 1.79 bits per heavy atom. The van der Waals surface area contributed by atoms with Crippen LogP contribution in [-0.4, -0.2) is 46.7 Å². The van der Waals surface area contributed by atoms with Gasteiger partial charge in [0, 0.05) is 31.2 Å². The number of epoxide rings is 1. The molecule has 34 heavy (non-hydrogen) atoms. The molecule has 0 aromatic rings. The molecule has 0 aromatic heterocycles. The van der Waals surface area contributed by atoms with Gasteiger partial charge in [-0.05, 0) is 86.4 Å². The first kappa shape index (κ1) is 22.3. The van der Waals surface area contributed by atoms with Gasteiger partial charge in [-0.2, -0.15) is 0 Å². The highest BCUT2D eigenvalue weighted by atomic mass is 16.6. The standard InChI is InChI=1S/C29H43NO4/c1-16-6-13-29(30(15-16)18(3)31)17(2)24-23(33-29)14-21-19-7-12-28-25(34-28)22(32)9-11-27(28,5)20(19)8-10-26(21,24)4/h16-17,19-21,23-25H,6-15H2,1-5H3. The largest absolute Gasteiger partial charge is 0.357 e. The number of hydrogen-bond acceptors (Lipinski definition) is 4. The van der Waals surface area contributed by atoms with Gasteiger partial charge in [0.2, 0.25) is 5.91 Å². The van der Waals surface area contributed by atoms with Crippen LogP contribution in [0.25, 0.3) is 0 Å². The van der Waals surface area contributed by atoms with Crippen LogP contribution in [0.3, 0.4) is 0 Å². The van der Waals surface area contributed by atoms with E-state index in [0.29, 0.717) is 41.8 Å². The van der Waals surface area contributed by atoms with Crippen molar-refractivity contribution >= 4 is 11.7 Å². The highest BCUT2D eigenvalue weighted by molar-refractivity contribution is 5.88. The molecule has 188 valence electrons. The second kappa shape index (κ2) is 6.68. The lowest BCUT2D eigenvalue weighted by Crippen LogP contribution is -2.61. The van der Waals surface area contributed by atoms with E-state index in [-0.39, 0.29) is 40.3 Å². The normalized spacial score (nSPS) is 59.7. The molecule has 5 nitrogen and oxygen atoms in total. The van der Waals surface area contributed by atoms with Gasteiger partial charge in [0.1, 0.15) is 17.4 Å². The summed E-state index contributed by atoms with van der Waals surface area (Å²) >= 11 is 0. The summed E-state index contributed by atoms with van der Waals surface area (Å²) in [5, 5.41) is 0. The monoisotopic (exact) mass is 469 g/mol. The summed E-state index contributed by atoms with van der Waals surface area (Å²) in [4.78, 5) is 27.3. The maximum Gasteiger partial charge on any atom is 0.221 e. The zero-order valence-corrected chi connectivity index (χ0v) is 21.8. The third-order valence-corrected chi connectivity index (χ3v) is 13.0. The molecular formula is C29H43NO4. The Morgan fingerprint density at radius 3 is 2.56 bits per heavy atom. The maximum absolute atomic E-state index is 12.8. The molecule has 7 rings (SSSR count). The molecule has 7 aliphatic rings. The van der Waals surface area contributed by atoms with E-state index >= 15 is 0 Å². The van der Waals surface area contributed by atoms with E-state index in [1.807, 2.05) is 0 Å². The Bertz CT molecular complexity index is 950. The number of rotatable bonds is 0. The van der Waals surface area contributed by atoms with Crippen LogP contribution in [0.5, 0.6) is 0 Å². The average molecular weight is 470 g/mol. The third kappa shape index (κ3) is 2.40. The van der Waals surface area contributed by atoms with Gasteiger partial charge in [0.25, 0.3) is 0 Å². The van der Waals surface area contributed by atoms with Gasteiger partial charge in [0.05, 0.1) is 6.10 Å². The number of hydrogen-bond donors (Lipinski definition) is 0. The Labute approximate surface area is 204 Å². The van der Waals surface area contributed by atoms with Gasteiger partial charge in [-0.1, -0.05) is 27.7 Å². The SMILES string of the molecule is CC(=O)N1CC(C)CCC12OC1CC3C4CCC56OC5C(=O)CCC6(C)C4CCC3(C)C1C2C. The van der Waals surface area contributed by atoms with Crippen LogP contribution in [0.2, 0.25) is 0 Å². The van der Waals surface area contributed by atoms with Crippen molar-refractivity contribution in [2.75, 3.05) is 6.54 Å². The number of ketones is 1. The van der Waals surface area contributed by atoms with E-state index in [1.165, 1.54) is 19.3 Å². The number of carbonyl (C=O) groups is 2. The molecular weight excluding hydrogens is 426 g/mol. The molecule has 3 heterocycles. The van der Waals surface area contributed by atoms with Gasteiger partial charge in [-0.3, -0.25) is 9.59 Å². The predicted molar refractivity (Wildman–Crippen MR) is 128 cm³/mol. The lowest BCUT2D eigenvalue weighted by Gasteiger charge is -2.60. The zero-order chi connectivity index (χ0) is 23.8. The van der Waals surface area contributed by atoms with E-state index in [0.717, 1.165) is 44.6 Å². The maximum atomic E-state index is 12.8. The lowest BCUT2D eigenvalue weighted by atomic mass is 9.44. The fourth-order valence-corrected chi connectivity index (χ4v) is 11.3. The van der Waals surface area contributed by atoms with Crippen molar-refractivity contribution in [1.29, 1.82) is 0 Å². The fourth-order valence-electron chi connectivity index (χ4n) is 11.3. The summed E-state index contributed by atoms with van der Waals surface area (Å²) in [6.07, 6.45) is 9.99. The molecule has 4 aliphatic carbocycles. The zero-order valence-electron chi connectivity index (χ0n) is 21.8. The predicted octanol–water partition coefficient (Wildman–Crippen LogP) is 4.97. The van der Waals surface area contributed by atoms with Crippen LogP contribution in [0.15, 0.2) is 0 Å². The fraction of sp³-hybridized carbons (Fsp3) is 0.931. The van der Waals surface area contributed by atoms with Gasteiger partial charge in [-0.15, -0.1) is 0 Å². The molecule has 0 aromatic carbocycles. The van der Waals surface area contributed by atoms with Crippen molar-refractivity contribution in [3.05, 3.63) is 0 Å². The topological polar surface area (TPSA) is 59.1 Å². The number of piperidine rings is 1. The van der Waals surface area contributed by atoms with Crippen LogP contribution in [0.1, 0.15) is 92.4 Å². The van der Waals surface area contributed by atoms with Crippen molar-refractivity contribution in [3.63, 3.8) is 0 Å². The van der Waals surface area contributed by atoms with Crippen LogP contribution < -0.4 is 0 Å². The highest BCUT2D eigenvalue weighted by Gasteiger charge is 2.77. The Morgan fingerprint density at radius 1 is 1.00 bits per heavy atom. The minimum Gasteiger partial charge on any atom is -0.357 e. The number of carbonyl (C=O) groups excluding carboxylic acids is 2. The summed E-state index contributed by atoms with van der Waals surface area (Å²) in [5.74, 6) is 4.10. The summed E-state index contributed by atoms with van der Waals surface area (Å²) in [7, 11) is 0. The van der Waals surface area contributed by atoms with Crippen molar-refractivity contribution in [2.24, 2.45) is 46.3 Å². The molecule has 12 unspecified atom stereocenters. The Kier molecular flexibility index (Phi) is 4.37. The minimum absolute atomic E-state index is 0.0991. The molecule has 3 saturated heterocycles. The minimum atomic E-state index is -0.389. The van der Waals surface area contributed by atoms with Crippen LogP contribution in [-0.2, 0) is 19.1 Å². The van der Waals surface area contributed by atoms with E-state index in [4.69, 9.17) is 9.47 Å². The van der Waals surface area contributed by atoms with Gasteiger partial charge in [0.15, 0.2) is 5.78 Å². The second-order valence-electron chi connectivity index (χ2n) is 14.1. The number of nitrogens with zero attached hydrogens (tertiary/aromatic N) is 1. The first-order valence-corrected chi connectivity index (χ1v) is 14.2. The summed E-state index contributed by atoms with van der Waals surface area (Å²) in [6, 6.07) is 0. The Balaban J connectivity index is 1.19.